The summed E-state index contributed by atoms with van der Waals surface area (Å²) in [5.74, 6) is 0.0560. The van der Waals surface area contributed by atoms with Crippen molar-refractivity contribution in [3.05, 3.63) is 64.7 Å². The molecule has 2 aromatic rings. The summed E-state index contributed by atoms with van der Waals surface area (Å²) in [5, 5.41) is 3.01. The van der Waals surface area contributed by atoms with E-state index >= 15 is 0 Å². The second-order valence-electron chi connectivity index (χ2n) is 6.64. The lowest BCUT2D eigenvalue weighted by Gasteiger charge is -2.28. The summed E-state index contributed by atoms with van der Waals surface area (Å²) in [6.45, 7) is 8.17. The molecule has 1 aliphatic rings. The Balaban J connectivity index is 1.50. The number of hydrogen-bond acceptors (Lipinski definition) is 3. The molecule has 2 aromatic carbocycles. The maximum atomic E-state index is 12.2. The highest BCUT2D eigenvalue weighted by atomic mass is 16.5. The van der Waals surface area contributed by atoms with Gasteiger partial charge in [0.25, 0.3) is 0 Å². The third-order valence-electron chi connectivity index (χ3n) is 4.74. The topological polar surface area (TPSA) is 41.6 Å². The molecule has 1 aliphatic heterocycles. The number of nitrogens with one attached hydrogen (secondary N) is 1. The van der Waals surface area contributed by atoms with Crippen LogP contribution in [0, 0.1) is 13.8 Å². The van der Waals surface area contributed by atoms with Crippen LogP contribution in [0.15, 0.2) is 42.5 Å². The van der Waals surface area contributed by atoms with Crippen molar-refractivity contribution in [2.45, 2.75) is 26.8 Å². The molecule has 1 N–H and O–H groups in total. The Morgan fingerprint density at radius 3 is 2.36 bits per heavy atom. The average Bonchev–Trinajstić information content (AvgIpc) is 2.64. The fourth-order valence-electron chi connectivity index (χ4n) is 3.01. The van der Waals surface area contributed by atoms with Crippen LogP contribution < -0.4 is 10.2 Å². The molecule has 1 heterocycles. The lowest BCUT2D eigenvalue weighted by molar-refractivity contribution is -0.120. The number of ether oxygens (including phenoxy) is 1. The van der Waals surface area contributed by atoms with Gasteiger partial charge in [0.15, 0.2) is 0 Å². The first-order chi connectivity index (χ1) is 12.1. The molecule has 0 bridgehead atoms. The summed E-state index contributed by atoms with van der Waals surface area (Å²) in [7, 11) is 0. The van der Waals surface area contributed by atoms with Crippen molar-refractivity contribution in [2.75, 3.05) is 31.2 Å². The third kappa shape index (κ3) is 4.83. The van der Waals surface area contributed by atoms with Gasteiger partial charge >= 0.3 is 0 Å². The maximum absolute atomic E-state index is 12.2. The van der Waals surface area contributed by atoms with Gasteiger partial charge in [-0.25, -0.2) is 0 Å². The minimum Gasteiger partial charge on any atom is -0.378 e. The van der Waals surface area contributed by atoms with E-state index in [1.54, 1.807) is 0 Å². The van der Waals surface area contributed by atoms with Crippen LogP contribution >= 0.6 is 0 Å². The molecule has 1 fully saturated rings. The first-order valence-electron chi connectivity index (χ1n) is 8.86. The predicted molar refractivity (Wildman–Crippen MR) is 101 cm³/mol. The van der Waals surface area contributed by atoms with Crippen LogP contribution in [0.25, 0.3) is 0 Å². The zero-order valence-corrected chi connectivity index (χ0v) is 15.0. The number of hydrogen-bond donors (Lipinski definition) is 1. The van der Waals surface area contributed by atoms with E-state index in [-0.39, 0.29) is 5.91 Å². The van der Waals surface area contributed by atoms with Gasteiger partial charge in [0, 0.05) is 25.3 Å². The second-order valence-corrected chi connectivity index (χ2v) is 6.64. The van der Waals surface area contributed by atoms with Crippen LogP contribution in [0.1, 0.15) is 22.3 Å². The fraction of sp³-hybridized carbons (Fsp3) is 0.381. The molecule has 0 radical (unpaired) electrons. The number of anilines is 1. The van der Waals surface area contributed by atoms with E-state index in [2.05, 4.69) is 60.5 Å². The molecular formula is C21H26N2O2. The van der Waals surface area contributed by atoms with Crippen molar-refractivity contribution in [3.63, 3.8) is 0 Å². The van der Waals surface area contributed by atoms with Crippen LogP contribution in [-0.2, 0) is 22.5 Å². The first kappa shape index (κ1) is 17.5. The largest absolute Gasteiger partial charge is 0.378 e. The molecule has 0 aliphatic carbocycles. The lowest BCUT2D eigenvalue weighted by Crippen LogP contribution is -2.36. The van der Waals surface area contributed by atoms with Crippen molar-refractivity contribution < 1.29 is 9.53 Å². The molecule has 4 nitrogen and oxygen atoms in total. The van der Waals surface area contributed by atoms with Crippen molar-refractivity contribution in [1.82, 2.24) is 5.32 Å². The molecule has 1 saturated heterocycles. The van der Waals surface area contributed by atoms with Crippen LogP contribution in [0.5, 0.6) is 0 Å². The van der Waals surface area contributed by atoms with Crippen LogP contribution in [0.3, 0.4) is 0 Å². The van der Waals surface area contributed by atoms with E-state index in [0.29, 0.717) is 13.0 Å². The molecule has 0 aromatic heterocycles. The average molecular weight is 338 g/mol. The van der Waals surface area contributed by atoms with E-state index in [4.69, 9.17) is 4.74 Å². The molecule has 0 unspecified atom stereocenters. The minimum atomic E-state index is 0.0560. The first-order valence-corrected chi connectivity index (χ1v) is 8.86. The number of carbonyl (C=O) groups excluding carboxylic acids is 1. The lowest BCUT2D eigenvalue weighted by atomic mass is 10.0. The Labute approximate surface area is 149 Å². The van der Waals surface area contributed by atoms with E-state index in [0.717, 1.165) is 37.4 Å². The van der Waals surface area contributed by atoms with Crippen molar-refractivity contribution in [1.29, 1.82) is 0 Å². The van der Waals surface area contributed by atoms with Crippen LogP contribution in [0.2, 0.25) is 0 Å². The summed E-state index contributed by atoms with van der Waals surface area (Å²) in [6, 6.07) is 14.6. The van der Waals surface area contributed by atoms with Gasteiger partial charge in [-0.15, -0.1) is 0 Å². The Morgan fingerprint density at radius 2 is 1.68 bits per heavy atom. The zero-order valence-electron chi connectivity index (χ0n) is 15.0. The molecule has 3 rings (SSSR count). The van der Waals surface area contributed by atoms with E-state index in [1.165, 1.54) is 16.8 Å². The Hall–Kier alpha value is -2.33. The predicted octanol–water partition coefficient (Wildman–Crippen LogP) is 3.00. The highest BCUT2D eigenvalue weighted by molar-refractivity contribution is 5.78. The number of nitrogens with zero attached hydrogens (tertiary/aromatic N) is 1. The van der Waals surface area contributed by atoms with E-state index < -0.39 is 0 Å². The van der Waals surface area contributed by atoms with Gasteiger partial charge in [-0.2, -0.15) is 0 Å². The molecule has 0 saturated carbocycles. The normalized spacial score (nSPS) is 14.4. The number of morpholine rings is 1. The molecule has 132 valence electrons. The molecule has 25 heavy (non-hydrogen) atoms. The van der Waals surface area contributed by atoms with E-state index in [9.17, 15) is 4.79 Å². The second kappa shape index (κ2) is 8.17. The molecular weight excluding hydrogens is 312 g/mol. The molecule has 0 atom stereocenters. The maximum Gasteiger partial charge on any atom is 0.224 e. The van der Waals surface area contributed by atoms with Crippen molar-refractivity contribution in [2.24, 2.45) is 0 Å². The van der Waals surface area contributed by atoms with Gasteiger partial charge in [-0.3, -0.25) is 4.79 Å². The Morgan fingerprint density at radius 1 is 1.00 bits per heavy atom. The summed E-state index contributed by atoms with van der Waals surface area (Å²) >= 11 is 0. The van der Waals surface area contributed by atoms with Gasteiger partial charge in [0.05, 0.1) is 19.6 Å². The molecule has 4 heteroatoms. The van der Waals surface area contributed by atoms with E-state index in [1.807, 2.05) is 6.07 Å². The smallest absolute Gasteiger partial charge is 0.224 e. The summed E-state index contributed by atoms with van der Waals surface area (Å²) in [4.78, 5) is 14.5. The zero-order chi connectivity index (χ0) is 17.6. The van der Waals surface area contributed by atoms with Crippen molar-refractivity contribution >= 4 is 11.6 Å². The van der Waals surface area contributed by atoms with Gasteiger partial charge in [-0.05, 0) is 48.2 Å². The molecule has 1 amide bonds. The quantitative estimate of drug-likeness (QED) is 0.911. The SMILES string of the molecule is Cc1ccc(CC(=O)NCc2ccc(N3CCOCC3)cc2)cc1C. The number of amides is 1. The number of rotatable bonds is 5. The summed E-state index contributed by atoms with van der Waals surface area (Å²) < 4.78 is 5.38. The molecule has 0 spiro atoms. The van der Waals surface area contributed by atoms with Crippen LogP contribution in [-0.4, -0.2) is 32.2 Å². The number of benzene rings is 2. The van der Waals surface area contributed by atoms with Gasteiger partial charge < -0.3 is 15.0 Å². The Bertz CT molecular complexity index is 719. The fourth-order valence-corrected chi connectivity index (χ4v) is 3.01. The number of aryl methyl sites for hydroxylation is 2. The Kier molecular flexibility index (Phi) is 5.71. The van der Waals surface area contributed by atoms with Gasteiger partial charge in [-0.1, -0.05) is 30.3 Å². The minimum absolute atomic E-state index is 0.0560. The third-order valence-corrected chi connectivity index (χ3v) is 4.74. The van der Waals surface area contributed by atoms with Crippen LogP contribution in [0.4, 0.5) is 5.69 Å². The van der Waals surface area contributed by atoms with Gasteiger partial charge in [0.2, 0.25) is 5.91 Å². The number of carbonyl (C=O) groups is 1. The standard InChI is InChI=1S/C21H26N2O2/c1-16-3-4-19(13-17(16)2)14-21(24)22-15-18-5-7-20(8-6-18)23-9-11-25-12-10-23/h3-8,13H,9-12,14-15H2,1-2H3,(H,22,24). The van der Waals surface area contributed by atoms with Crippen molar-refractivity contribution in [3.8, 4) is 0 Å². The highest BCUT2D eigenvalue weighted by Crippen LogP contribution is 2.16. The summed E-state index contributed by atoms with van der Waals surface area (Å²) in [6.07, 6.45) is 0.424. The summed E-state index contributed by atoms with van der Waals surface area (Å²) in [5.41, 5.74) is 5.87. The monoisotopic (exact) mass is 338 g/mol. The van der Waals surface area contributed by atoms with Gasteiger partial charge in [0.1, 0.15) is 0 Å². The highest BCUT2D eigenvalue weighted by Gasteiger charge is 2.11.